The van der Waals surface area contributed by atoms with Gasteiger partial charge in [-0.3, -0.25) is 14.6 Å². The van der Waals surface area contributed by atoms with Crippen molar-refractivity contribution in [1.82, 2.24) is 10.3 Å². The molecule has 0 fully saturated rings. The van der Waals surface area contributed by atoms with Crippen LogP contribution < -0.4 is 20.1 Å². The van der Waals surface area contributed by atoms with Crippen LogP contribution >= 0.6 is 0 Å². The lowest BCUT2D eigenvalue weighted by Crippen LogP contribution is -2.26. The average molecular weight is 389 g/mol. The van der Waals surface area contributed by atoms with Gasteiger partial charge in [0.15, 0.2) is 11.5 Å². The molecule has 7 nitrogen and oxygen atoms in total. The van der Waals surface area contributed by atoms with Crippen molar-refractivity contribution in [1.29, 1.82) is 0 Å². The number of carbonyl (C=O) groups is 2. The van der Waals surface area contributed by atoms with Crippen molar-refractivity contribution in [3.63, 3.8) is 0 Å². The van der Waals surface area contributed by atoms with Crippen LogP contribution in [0.2, 0.25) is 0 Å². The summed E-state index contributed by atoms with van der Waals surface area (Å²) in [4.78, 5) is 29.0. The molecular formula is C22H19N3O4. The summed E-state index contributed by atoms with van der Waals surface area (Å²) in [6.07, 6.45) is 2.18. The molecule has 0 aliphatic carbocycles. The maximum Gasteiger partial charge on any atom is 0.274 e. The highest BCUT2D eigenvalue weighted by molar-refractivity contribution is 6.04. The third kappa shape index (κ3) is 4.52. The molecule has 0 radical (unpaired) electrons. The molecular weight excluding hydrogens is 370 g/mol. The van der Waals surface area contributed by atoms with Crippen LogP contribution in [0.1, 0.15) is 26.4 Å². The number of hydrogen-bond donors (Lipinski definition) is 2. The number of aromatic nitrogens is 1. The Bertz CT molecular complexity index is 1040. The third-order valence-electron chi connectivity index (χ3n) is 4.43. The largest absolute Gasteiger partial charge is 0.454 e. The number of ether oxygens (including phenoxy) is 2. The second kappa shape index (κ2) is 8.43. The first kappa shape index (κ1) is 18.5. The second-order valence-corrected chi connectivity index (χ2v) is 6.44. The van der Waals surface area contributed by atoms with Gasteiger partial charge in [0.2, 0.25) is 6.79 Å². The zero-order chi connectivity index (χ0) is 20.1. The highest BCUT2D eigenvalue weighted by Crippen LogP contribution is 2.34. The van der Waals surface area contributed by atoms with E-state index in [1.807, 2.05) is 30.3 Å². The summed E-state index contributed by atoms with van der Waals surface area (Å²) < 4.78 is 10.6. The Morgan fingerprint density at radius 3 is 2.62 bits per heavy atom. The average Bonchev–Trinajstić information content (AvgIpc) is 3.22. The summed E-state index contributed by atoms with van der Waals surface area (Å²) in [5.74, 6) is 0.542. The molecule has 7 heteroatoms. The van der Waals surface area contributed by atoms with Gasteiger partial charge in [0.05, 0.1) is 0 Å². The molecule has 2 heterocycles. The van der Waals surface area contributed by atoms with E-state index < -0.39 is 5.91 Å². The first-order valence-corrected chi connectivity index (χ1v) is 9.18. The Hall–Kier alpha value is -3.87. The number of amides is 2. The number of benzene rings is 2. The van der Waals surface area contributed by atoms with Gasteiger partial charge in [-0.25, -0.2) is 0 Å². The monoisotopic (exact) mass is 389 g/mol. The fourth-order valence-corrected chi connectivity index (χ4v) is 2.93. The van der Waals surface area contributed by atoms with Crippen molar-refractivity contribution < 1.29 is 19.1 Å². The van der Waals surface area contributed by atoms with Crippen molar-refractivity contribution in [2.24, 2.45) is 0 Å². The smallest absolute Gasteiger partial charge is 0.274 e. The lowest BCUT2D eigenvalue weighted by molar-refractivity contribution is 0.0954. The van der Waals surface area contributed by atoms with E-state index in [0.717, 1.165) is 12.0 Å². The highest BCUT2D eigenvalue weighted by atomic mass is 16.7. The standard InChI is InChI=1S/C22H19N3O4/c26-21(24-10-8-15-4-2-1-3-5-15)16-9-11-23-18(12-16)22(27)25-17-6-7-19-20(13-17)29-14-28-19/h1-7,9,11-13H,8,10,14H2,(H,24,26)(H,25,27). The molecule has 3 aromatic rings. The molecule has 2 N–H and O–H groups in total. The minimum Gasteiger partial charge on any atom is -0.454 e. The van der Waals surface area contributed by atoms with E-state index in [2.05, 4.69) is 15.6 Å². The minimum atomic E-state index is -0.414. The van der Waals surface area contributed by atoms with Crippen LogP contribution in [-0.4, -0.2) is 30.1 Å². The normalized spacial score (nSPS) is 11.7. The maximum absolute atomic E-state index is 12.5. The van der Waals surface area contributed by atoms with E-state index >= 15 is 0 Å². The van der Waals surface area contributed by atoms with Gasteiger partial charge in [-0.15, -0.1) is 0 Å². The number of carbonyl (C=O) groups excluding carboxylic acids is 2. The van der Waals surface area contributed by atoms with E-state index in [0.29, 0.717) is 29.3 Å². The van der Waals surface area contributed by atoms with Crippen LogP contribution in [0.25, 0.3) is 0 Å². The molecule has 4 rings (SSSR count). The predicted octanol–water partition coefficient (Wildman–Crippen LogP) is 3.04. The van der Waals surface area contributed by atoms with Gasteiger partial charge < -0.3 is 20.1 Å². The van der Waals surface area contributed by atoms with E-state index in [1.54, 1.807) is 24.3 Å². The molecule has 29 heavy (non-hydrogen) atoms. The van der Waals surface area contributed by atoms with Gasteiger partial charge in [0.1, 0.15) is 5.69 Å². The van der Waals surface area contributed by atoms with Crippen molar-refractivity contribution in [2.45, 2.75) is 6.42 Å². The number of nitrogens with one attached hydrogen (secondary N) is 2. The summed E-state index contributed by atoms with van der Waals surface area (Å²) in [6, 6.07) is 18.1. The van der Waals surface area contributed by atoms with Crippen molar-refractivity contribution in [2.75, 3.05) is 18.7 Å². The van der Waals surface area contributed by atoms with Crippen LogP contribution in [0.3, 0.4) is 0 Å². The fraction of sp³-hybridized carbons (Fsp3) is 0.136. The molecule has 146 valence electrons. The number of fused-ring (bicyclic) bond motifs is 1. The highest BCUT2D eigenvalue weighted by Gasteiger charge is 2.16. The number of rotatable bonds is 6. The first-order chi connectivity index (χ1) is 14.2. The summed E-state index contributed by atoms with van der Waals surface area (Å²) in [6.45, 7) is 0.666. The number of nitrogens with zero attached hydrogens (tertiary/aromatic N) is 1. The SMILES string of the molecule is O=C(NCCc1ccccc1)c1ccnc(C(=O)Nc2ccc3c(c2)OCO3)c1. The summed E-state index contributed by atoms with van der Waals surface area (Å²) in [5.41, 5.74) is 2.23. The molecule has 2 amide bonds. The quantitative estimate of drug-likeness (QED) is 0.676. The minimum absolute atomic E-state index is 0.151. The lowest BCUT2D eigenvalue weighted by atomic mass is 10.1. The van der Waals surface area contributed by atoms with E-state index in [4.69, 9.17) is 9.47 Å². The van der Waals surface area contributed by atoms with Crippen LogP contribution in [-0.2, 0) is 6.42 Å². The maximum atomic E-state index is 12.5. The van der Waals surface area contributed by atoms with Gasteiger partial charge in [-0.1, -0.05) is 30.3 Å². The molecule has 1 aromatic heterocycles. The van der Waals surface area contributed by atoms with Crippen molar-refractivity contribution in [3.05, 3.63) is 83.7 Å². The molecule has 0 spiro atoms. The second-order valence-electron chi connectivity index (χ2n) is 6.44. The summed E-state index contributed by atoms with van der Waals surface area (Å²) in [7, 11) is 0. The molecule has 0 bridgehead atoms. The Kier molecular flexibility index (Phi) is 5.38. The fourth-order valence-electron chi connectivity index (χ4n) is 2.93. The van der Waals surface area contributed by atoms with Crippen LogP contribution in [0.4, 0.5) is 5.69 Å². The van der Waals surface area contributed by atoms with Gasteiger partial charge in [-0.2, -0.15) is 0 Å². The number of pyridine rings is 1. The molecule has 0 saturated carbocycles. The third-order valence-corrected chi connectivity index (χ3v) is 4.43. The zero-order valence-electron chi connectivity index (χ0n) is 15.6. The van der Waals surface area contributed by atoms with Crippen molar-refractivity contribution in [3.8, 4) is 11.5 Å². The molecule has 2 aromatic carbocycles. The van der Waals surface area contributed by atoms with Crippen LogP contribution in [0, 0.1) is 0 Å². The van der Waals surface area contributed by atoms with E-state index in [-0.39, 0.29) is 18.4 Å². The summed E-state index contributed by atoms with van der Waals surface area (Å²) in [5, 5.41) is 5.61. The number of hydrogen-bond acceptors (Lipinski definition) is 5. The molecule has 1 aliphatic heterocycles. The molecule has 0 unspecified atom stereocenters. The number of anilines is 1. The summed E-state index contributed by atoms with van der Waals surface area (Å²) >= 11 is 0. The van der Waals surface area contributed by atoms with Crippen LogP contribution in [0.15, 0.2) is 66.9 Å². The van der Waals surface area contributed by atoms with Crippen LogP contribution in [0.5, 0.6) is 11.5 Å². The van der Waals surface area contributed by atoms with Gasteiger partial charge in [-0.05, 0) is 36.2 Å². The Balaban J connectivity index is 1.37. The Labute approximate surface area is 167 Å². The predicted molar refractivity (Wildman–Crippen MR) is 107 cm³/mol. The Morgan fingerprint density at radius 2 is 1.76 bits per heavy atom. The molecule has 1 aliphatic rings. The Morgan fingerprint density at radius 1 is 0.931 bits per heavy atom. The molecule has 0 atom stereocenters. The first-order valence-electron chi connectivity index (χ1n) is 9.18. The van der Waals surface area contributed by atoms with E-state index in [9.17, 15) is 9.59 Å². The zero-order valence-corrected chi connectivity index (χ0v) is 15.6. The van der Waals surface area contributed by atoms with E-state index in [1.165, 1.54) is 12.3 Å². The van der Waals surface area contributed by atoms with Crippen molar-refractivity contribution >= 4 is 17.5 Å². The topological polar surface area (TPSA) is 89.6 Å². The van der Waals surface area contributed by atoms with Gasteiger partial charge in [0, 0.05) is 30.1 Å². The van der Waals surface area contributed by atoms with Gasteiger partial charge in [0.25, 0.3) is 11.8 Å². The van der Waals surface area contributed by atoms with Gasteiger partial charge >= 0.3 is 0 Å². The lowest BCUT2D eigenvalue weighted by Gasteiger charge is -2.08. The molecule has 0 saturated heterocycles.